The number of esters is 1. The molecule has 2 rings (SSSR count). The number of carbonyl (C=O) groups is 1. The largest absolute Gasteiger partial charge is 0.573 e. The molecule has 0 bridgehead atoms. The van der Waals surface area contributed by atoms with E-state index in [0.29, 0.717) is 0 Å². The number of halogens is 3. The minimum atomic E-state index is -4.85. The molecule has 6 nitrogen and oxygen atoms in total. The van der Waals surface area contributed by atoms with Gasteiger partial charge >= 0.3 is 12.3 Å². The first kappa shape index (κ1) is 18.6. The highest BCUT2D eigenvalue weighted by Gasteiger charge is 2.31. The van der Waals surface area contributed by atoms with Crippen molar-refractivity contribution in [2.75, 3.05) is 11.8 Å². The minimum absolute atomic E-state index is 0.00538. The number of rotatable bonds is 5. The van der Waals surface area contributed by atoms with E-state index in [1.54, 1.807) is 0 Å². The molecule has 10 heteroatoms. The van der Waals surface area contributed by atoms with Gasteiger partial charge in [0.2, 0.25) is 0 Å². The maximum atomic E-state index is 12.4. The minimum Gasteiger partial charge on any atom is -0.465 e. The van der Waals surface area contributed by atoms with Gasteiger partial charge in [-0.05, 0) is 36.4 Å². The third kappa shape index (κ3) is 4.86. The van der Waals surface area contributed by atoms with E-state index in [0.717, 1.165) is 31.4 Å². The van der Waals surface area contributed by atoms with E-state index in [2.05, 4.69) is 14.2 Å². The zero-order valence-electron chi connectivity index (χ0n) is 12.7. The van der Waals surface area contributed by atoms with Crippen LogP contribution in [0, 0.1) is 0 Å². The van der Waals surface area contributed by atoms with Crippen molar-refractivity contribution in [2.45, 2.75) is 11.3 Å². The van der Waals surface area contributed by atoms with E-state index < -0.39 is 28.1 Å². The molecule has 0 heterocycles. The summed E-state index contributed by atoms with van der Waals surface area (Å²) in [6, 6.07) is 9.47. The zero-order chi connectivity index (χ0) is 18.7. The molecule has 0 fully saturated rings. The van der Waals surface area contributed by atoms with Crippen LogP contribution in [0.25, 0.3) is 0 Å². The molecule has 0 unspecified atom stereocenters. The van der Waals surface area contributed by atoms with Gasteiger partial charge < -0.3 is 9.47 Å². The van der Waals surface area contributed by atoms with Crippen molar-refractivity contribution in [2.24, 2.45) is 0 Å². The first-order chi connectivity index (χ1) is 11.6. The number of ether oxygens (including phenoxy) is 2. The van der Waals surface area contributed by atoms with Gasteiger partial charge in [-0.3, -0.25) is 4.72 Å². The molecular formula is C15H12F3NO5S. The van der Waals surface area contributed by atoms with Gasteiger partial charge in [-0.2, -0.15) is 0 Å². The van der Waals surface area contributed by atoms with Gasteiger partial charge in [-0.1, -0.05) is 12.1 Å². The molecule has 2 aromatic rings. The number of hydrogen-bond donors (Lipinski definition) is 1. The number of alkyl halides is 3. The standard InChI is InChI=1S/C15H12F3NO5S/c1-23-14(20)12-4-2-3-5-13(12)25(21,22)19-10-6-8-11(9-7-10)24-15(16,17)18/h2-9,19H,1H3. The predicted molar refractivity (Wildman–Crippen MR) is 81.7 cm³/mol. The van der Waals surface area contributed by atoms with Crippen LogP contribution in [0.1, 0.15) is 10.4 Å². The van der Waals surface area contributed by atoms with Crippen molar-refractivity contribution in [3.63, 3.8) is 0 Å². The Labute approximate surface area is 141 Å². The zero-order valence-corrected chi connectivity index (χ0v) is 13.5. The summed E-state index contributed by atoms with van der Waals surface area (Å²) >= 11 is 0. The molecule has 1 N–H and O–H groups in total. The quantitative estimate of drug-likeness (QED) is 0.812. The second-order valence-electron chi connectivity index (χ2n) is 4.67. The van der Waals surface area contributed by atoms with Crippen molar-refractivity contribution in [1.82, 2.24) is 0 Å². The van der Waals surface area contributed by atoms with E-state index >= 15 is 0 Å². The number of benzene rings is 2. The monoisotopic (exact) mass is 375 g/mol. The van der Waals surface area contributed by atoms with Crippen LogP contribution >= 0.6 is 0 Å². The summed E-state index contributed by atoms with van der Waals surface area (Å²) in [6.07, 6.45) is -4.85. The molecule has 0 spiro atoms. The lowest BCUT2D eigenvalue weighted by Crippen LogP contribution is -2.18. The average Bonchev–Trinajstić information content (AvgIpc) is 2.54. The highest BCUT2D eigenvalue weighted by Crippen LogP contribution is 2.25. The second kappa shape index (κ2) is 7.01. The highest BCUT2D eigenvalue weighted by molar-refractivity contribution is 7.92. The van der Waals surface area contributed by atoms with Gasteiger partial charge in [-0.25, -0.2) is 13.2 Å². The van der Waals surface area contributed by atoms with Crippen molar-refractivity contribution in [1.29, 1.82) is 0 Å². The molecular weight excluding hydrogens is 363 g/mol. The van der Waals surface area contributed by atoms with E-state index in [9.17, 15) is 26.4 Å². The van der Waals surface area contributed by atoms with Crippen molar-refractivity contribution < 1.29 is 35.9 Å². The smallest absolute Gasteiger partial charge is 0.465 e. The first-order valence-corrected chi connectivity index (χ1v) is 8.17. The van der Waals surface area contributed by atoms with Crippen LogP contribution in [0.4, 0.5) is 18.9 Å². The number of nitrogens with one attached hydrogen (secondary N) is 1. The highest BCUT2D eigenvalue weighted by atomic mass is 32.2. The van der Waals surface area contributed by atoms with Crippen LogP contribution in [0.3, 0.4) is 0 Å². The molecule has 0 radical (unpaired) electrons. The number of sulfonamides is 1. The lowest BCUT2D eigenvalue weighted by atomic mass is 10.2. The third-order valence-electron chi connectivity index (χ3n) is 2.92. The number of hydrogen-bond acceptors (Lipinski definition) is 5. The first-order valence-electron chi connectivity index (χ1n) is 6.68. The van der Waals surface area contributed by atoms with E-state index in [1.807, 2.05) is 0 Å². The molecule has 0 aliphatic heterocycles. The summed E-state index contributed by atoms with van der Waals surface area (Å²) in [6.45, 7) is 0. The van der Waals surface area contributed by atoms with E-state index in [1.165, 1.54) is 24.3 Å². The Morgan fingerprint density at radius 1 is 1.04 bits per heavy atom. The lowest BCUT2D eigenvalue weighted by molar-refractivity contribution is -0.274. The molecule has 0 atom stereocenters. The maximum absolute atomic E-state index is 12.4. The number of methoxy groups -OCH3 is 1. The van der Waals surface area contributed by atoms with Gasteiger partial charge in [0, 0.05) is 5.69 Å². The fourth-order valence-corrected chi connectivity index (χ4v) is 3.17. The molecule has 0 saturated carbocycles. The molecule has 0 saturated heterocycles. The van der Waals surface area contributed by atoms with Crippen molar-refractivity contribution in [3.05, 3.63) is 54.1 Å². The summed E-state index contributed by atoms with van der Waals surface area (Å²) in [5.74, 6) is -1.33. The van der Waals surface area contributed by atoms with Gasteiger partial charge in [0.15, 0.2) is 0 Å². The van der Waals surface area contributed by atoms with Crippen LogP contribution in [0.15, 0.2) is 53.4 Å². The van der Waals surface area contributed by atoms with Gasteiger partial charge in [-0.15, -0.1) is 13.2 Å². The molecule has 0 aliphatic rings. The molecule has 2 aromatic carbocycles. The van der Waals surface area contributed by atoms with Crippen LogP contribution in [-0.4, -0.2) is 27.9 Å². The summed E-state index contributed by atoms with van der Waals surface area (Å²) in [5, 5.41) is 0. The average molecular weight is 375 g/mol. The number of anilines is 1. The molecule has 25 heavy (non-hydrogen) atoms. The Bertz CT molecular complexity index is 863. The molecule has 0 amide bonds. The predicted octanol–water partition coefficient (Wildman–Crippen LogP) is 3.17. The van der Waals surface area contributed by atoms with Crippen LogP contribution in [0.5, 0.6) is 5.75 Å². The van der Waals surface area contributed by atoms with Crippen LogP contribution in [-0.2, 0) is 14.8 Å². The van der Waals surface area contributed by atoms with E-state index in [-0.39, 0.29) is 16.1 Å². The fraction of sp³-hybridized carbons (Fsp3) is 0.133. The van der Waals surface area contributed by atoms with Gasteiger partial charge in [0.05, 0.1) is 12.7 Å². The summed E-state index contributed by atoms with van der Waals surface area (Å²) in [5.41, 5.74) is -0.177. The Kier molecular flexibility index (Phi) is 5.21. The summed E-state index contributed by atoms with van der Waals surface area (Å²) < 4.78 is 71.6. The van der Waals surface area contributed by atoms with Gasteiger partial charge in [0.25, 0.3) is 10.0 Å². The molecule has 0 aliphatic carbocycles. The molecule has 134 valence electrons. The van der Waals surface area contributed by atoms with Crippen LogP contribution < -0.4 is 9.46 Å². The Morgan fingerprint density at radius 2 is 1.64 bits per heavy atom. The van der Waals surface area contributed by atoms with Crippen molar-refractivity contribution >= 4 is 21.7 Å². The summed E-state index contributed by atoms with van der Waals surface area (Å²) in [7, 11) is -3.05. The van der Waals surface area contributed by atoms with E-state index in [4.69, 9.17) is 0 Å². The second-order valence-corrected chi connectivity index (χ2v) is 6.32. The Balaban J connectivity index is 2.27. The van der Waals surface area contributed by atoms with Gasteiger partial charge in [0.1, 0.15) is 10.6 Å². The lowest BCUT2D eigenvalue weighted by Gasteiger charge is -2.12. The fourth-order valence-electron chi connectivity index (χ4n) is 1.91. The third-order valence-corrected chi connectivity index (χ3v) is 4.36. The Hall–Kier alpha value is -2.75. The van der Waals surface area contributed by atoms with Crippen molar-refractivity contribution in [3.8, 4) is 5.75 Å². The van der Waals surface area contributed by atoms with Crippen LogP contribution in [0.2, 0.25) is 0 Å². The summed E-state index contributed by atoms with van der Waals surface area (Å²) in [4.78, 5) is 11.4. The Morgan fingerprint density at radius 3 is 2.20 bits per heavy atom. The maximum Gasteiger partial charge on any atom is 0.573 e. The SMILES string of the molecule is COC(=O)c1ccccc1S(=O)(=O)Nc1ccc(OC(F)(F)F)cc1. The molecule has 0 aromatic heterocycles. The number of carbonyl (C=O) groups excluding carboxylic acids is 1. The normalized spacial score (nSPS) is 11.7. The topological polar surface area (TPSA) is 81.7 Å².